The van der Waals surface area contributed by atoms with Crippen molar-refractivity contribution >= 4 is 71.4 Å². The van der Waals surface area contributed by atoms with Gasteiger partial charge < -0.3 is 5.11 Å². The molecule has 0 saturated carbocycles. The fraction of sp³-hybridized carbons (Fsp3) is 0. The third kappa shape index (κ3) is 5.57. The molecule has 0 amide bonds. The van der Waals surface area contributed by atoms with Crippen LogP contribution in [0, 0.1) is 0 Å². The summed E-state index contributed by atoms with van der Waals surface area (Å²) in [5.74, 6) is 0.0608. The Balaban J connectivity index is 2.00. The van der Waals surface area contributed by atoms with E-state index in [4.69, 9.17) is 0 Å². The highest BCUT2D eigenvalue weighted by Gasteiger charge is 2.15. The van der Waals surface area contributed by atoms with Crippen molar-refractivity contribution in [3.05, 3.63) is 96.2 Å². The summed E-state index contributed by atoms with van der Waals surface area (Å²) in [7, 11) is 0. The van der Waals surface area contributed by atoms with Crippen LogP contribution < -0.4 is 0 Å². The predicted octanol–water partition coefficient (Wildman–Crippen LogP) is 7.70. The number of carbonyl (C=O) groups is 1. The van der Waals surface area contributed by atoms with Crippen LogP contribution in [-0.2, 0) is 0 Å². The highest BCUT2D eigenvalue weighted by atomic mass is 79.9. The van der Waals surface area contributed by atoms with E-state index in [2.05, 4.69) is 47.8 Å². The molecule has 3 rings (SSSR count). The van der Waals surface area contributed by atoms with Crippen molar-refractivity contribution in [1.29, 1.82) is 0 Å². The molecular weight excluding hydrogens is 556 g/mol. The van der Waals surface area contributed by atoms with Crippen molar-refractivity contribution < 1.29 is 9.90 Å². The number of halogens is 3. The molecule has 136 valence electrons. The van der Waals surface area contributed by atoms with Crippen LogP contribution in [0.2, 0.25) is 0 Å². The number of benzene rings is 3. The van der Waals surface area contributed by atoms with Crippen molar-refractivity contribution in [2.45, 2.75) is 4.90 Å². The Labute approximate surface area is 187 Å². The number of carbonyl (C=O) groups excluding carboxylic acids is 1. The fourth-order valence-electron chi connectivity index (χ4n) is 2.29. The van der Waals surface area contributed by atoms with Crippen LogP contribution in [0.3, 0.4) is 0 Å². The van der Waals surface area contributed by atoms with Crippen molar-refractivity contribution in [1.82, 2.24) is 0 Å². The Kier molecular flexibility index (Phi) is 6.98. The number of aromatic hydroxyl groups is 1. The van der Waals surface area contributed by atoms with Crippen LogP contribution in [-0.4, -0.2) is 10.9 Å². The van der Waals surface area contributed by atoms with Gasteiger partial charge in [-0.1, -0.05) is 49.7 Å². The van der Waals surface area contributed by atoms with Crippen LogP contribution >= 0.6 is 59.6 Å². The summed E-state index contributed by atoms with van der Waals surface area (Å²) >= 11 is 11.5. The van der Waals surface area contributed by atoms with E-state index < -0.39 is 0 Å². The molecule has 0 heterocycles. The summed E-state index contributed by atoms with van der Waals surface area (Å²) in [6, 6.07) is 20.3. The number of hydrogen-bond acceptors (Lipinski definition) is 3. The minimum atomic E-state index is -0.0715. The Bertz CT molecular complexity index is 997. The van der Waals surface area contributed by atoms with E-state index >= 15 is 0 Å². The van der Waals surface area contributed by atoms with Crippen LogP contribution in [0.25, 0.3) is 6.08 Å². The molecule has 0 bridgehead atoms. The number of phenolic OH excluding ortho intramolecular Hbond substituents is 1. The molecule has 3 aromatic rings. The zero-order valence-corrected chi connectivity index (χ0v) is 19.4. The molecule has 2 nitrogen and oxygen atoms in total. The smallest absolute Gasteiger partial charge is 0.199 e. The monoisotopic (exact) mass is 566 g/mol. The molecule has 27 heavy (non-hydrogen) atoms. The van der Waals surface area contributed by atoms with Crippen molar-refractivity contribution in [3.63, 3.8) is 0 Å². The number of hydrogen-bond donors (Lipinski definition) is 1. The number of Topliss-reactive ketones (excluding diaryl/α,β-unsaturated/α-hetero) is 1. The van der Waals surface area contributed by atoms with E-state index in [0.717, 1.165) is 19.4 Å². The molecule has 6 heteroatoms. The topological polar surface area (TPSA) is 37.3 Å². The number of allylic oxidation sites excluding steroid dienone is 1. The van der Waals surface area contributed by atoms with Gasteiger partial charge in [0.15, 0.2) is 5.78 Å². The highest BCUT2D eigenvalue weighted by molar-refractivity contribution is 9.11. The maximum absolute atomic E-state index is 13.1. The maximum Gasteiger partial charge on any atom is 0.199 e. The summed E-state index contributed by atoms with van der Waals surface area (Å²) < 4.78 is 2.51. The summed E-state index contributed by atoms with van der Waals surface area (Å²) in [4.78, 5) is 14.6. The average Bonchev–Trinajstić information content (AvgIpc) is 2.66. The molecule has 0 radical (unpaired) electrons. The molecule has 3 aromatic carbocycles. The van der Waals surface area contributed by atoms with E-state index in [9.17, 15) is 9.90 Å². The minimum Gasteiger partial charge on any atom is -0.507 e. The fourth-order valence-corrected chi connectivity index (χ4v) is 3.99. The molecular formula is C21H13Br3O2S. The van der Waals surface area contributed by atoms with Crippen molar-refractivity contribution in [2.75, 3.05) is 0 Å². The lowest BCUT2D eigenvalue weighted by atomic mass is 10.1. The van der Waals surface area contributed by atoms with E-state index in [1.807, 2.05) is 42.5 Å². The Hall–Kier alpha value is -1.34. The first kappa shape index (κ1) is 20.4. The van der Waals surface area contributed by atoms with Gasteiger partial charge in [0.1, 0.15) is 5.75 Å². The lowest BCUT2D eigenvalue weighted by molar-refractivity contribution is 0.104. The zero-order chi connectivity index (χ0) is 19.4. The summed E-state index contributed by atoms with van der Waals surface area (Å²) in [5, 5.41) is 9.94. The van der Waals surface area contributed by atoms with E-state index in [1.165, 1.54) is 11.8 Å². The van der Waals surface area contributed by atoms with Gasteiger partial charge in [-0.05, 0) is 88.2 Å². The first-order valence-corrected chi connectivity index (χ1v) is 11.1. The summed E-state index contributed by atoms with van der Waals surface area (Å²) in [5.41, 5.74) is 1.36. The molecule has 0 unspecified atom stereocenters. The standard InChI is InChI=1S/C21H13Br3O2S/c22-15-4-2-14(3-5-15)21(26)20(27-17-8-6-16(23)7-9-17)12-13-1-10-18(24)19(25)11-13/h1-12,25H/b20-12+. The molecule has 0 spiro atoms. The van der Waals surface area contributed by atoms with Gasteiger partial charge in [0.05, 0.1) is 9.38 Å². The second-order valence-corrected chi connectivity index (χ2v) is 9.41. The van der Waals surface area contributed by atoms with Gasteiger partial charge in [-0.3, -0.25) is 4.79 Å². The number of ketones is 1. The van der Waals surface area contributed by atoms with Crippen LogP contribution in [0.4, 0.5) is 0 Å². The number of rotatable bonds is 5. The van der Waals surface area contributed by atoms with Gasteiger partial charge >= 0.3 is 0 Å². The molecule has 0 aliphatic carbocycles. The SMILES string of the molecule is O=C(/C(=C\c1ccc(Br)c(O)c1)Sc1ccc(Br)cc1)c1ccc(Br)cc1. The third-order valence-electron chi connectivity index (χ3n) is 3.64. The van der Waals surface area contributed by atoms with Gasteiger partial charge in [-0.2, -0.15) is 0 Å². The summed E-state index contributed by atoms with van der Waals surface area (Å²) in [6.07, 6.45) is 1.79. The maximum atomic E-state index is 13.1. The largest absolute Gasteiger partial charge is 0.507 e. The molecule has 0 aromatic heterocycles. The molecule has 0 aliphatic rings. The first-order chi connectivity index (χ1) is 12.9. The molecule has 0 saturated heterocycles. The second kappa shape index (κ2) is 9.24. The van der Waals surface area contributed by atoms with Crippen LogP contribution in [0.1, 0.15) is 15.9 Å². The number of thioether (sulfide) groups is 1. The van der Waals surface area contributed by atoms with Crippen molar-refractivity contribution in [2.24, 2.45) is 0 Å². The first-order valence-electron chi connectivity index (χ1n) is 7.86. The summed E-state index contributed by atoms with van der Waals surface area (Å²) in [6.45, 7) is 0. The predicted molar refractivity (Wildman–Crippen MR) is 122 cm³/mol. The molecule has 0 aliphatic heterocycles. The van der Waals surface area contributed by atoms with Gasteiger partial charge in [-0.15, -0.1) is 0 Å². The molecule has 0 fully saturated rings. The minimum absolute atomic E-state index is 0.0715. The normalized spacial score (nSPS) is 11.4. The number of phenols is 1. The lowest BCUT2D eigenvalue weighted by Gasteiger charge is -2.08. The van der Waals surface area contributed by atoms with Gasteiger partial charge in [0.25, 0.3) is 0 Å². The van der Waals surface area contributed by atoms with Gasteiger partial charge in [0, 0.05) is 19.4 Å². The van der Waals surface area contributed by atoms with E-state index in [1.54, 1.807) is 30.3 Å². The Morgan fingerprint density at radius 1 is 0.852 bits per heavy atom. The molecule has 0 atom stereocenters. The van der Waals surface area contributed by atoms with Crippen molar-refractivity contribution in [3.8, 4) is 5.75 Å². The second-order valence-electron chi connectivity index (χ2n) is 5.61. The average molecular weight is 569 g/mol. The van der Waals surface area contributed by atoms with Gasteiger partial charge in [0.2, 0.25) is 0 Å². The van der Waals surface area contributed by atoms with E-state index in [-0.39, 0.29) is 11.5 Å². The lowest BCUT2D eigenvalue weighted by Crippen LogP contribution is -2.01. The Morgan fingerprint density at radius 2 is 1.44 bits per heavy atom. The van der Waals surface area contributed by atoms with Gasteiger partial charge in [-0.25, -0.2) is 0 Å². The molecule has 1 N–H and O–H groups in total. The van der Waals surface area contributed by atoms with Crippen LogP contribution in [0.5, 0.6) is 5.75 Å². The third-order valence-corrected chi connectivity index (χ3v) is 6.40. The van der Waals surface area contributed by atoms with Crippen LogP contribution in [0.15, 0.2) is 89.9 Å². The zero-order valence-electron chi connectivity index (χ0n) is 13.8. The quantitative estimate of drug-likeness (QED) is 0.195. The highest BCUT2D eigenvalue weighted by Crippen LogP contribution is 2.33. The van der Waals surface area contributed by atoms with E-state index in [0.29, 0.717) is 14.9 Å². The Morgan fingerprint density at radius 3 is 2.04 bits per heavy atom.